The molecule has 112 valence electrons. The van der Waals surface area contributed by atoms with Gasteiger partial charge in [-0.15, -0.1) is 12.4 Å². The minimum Gasteiger partial charge on any atom is -0.376 e. The third-order valence-corrected chi connectivity index (χ3v) is 3.29. The van der Waals surface area contributed by atoms with Crippen molar-refractivity contribution in [2.75, 3.05) is 19.7 Å². The number of hydrogen-bond donors (Lipinski definition) is 2. The van der Waals surface area contributed by atoms with Crippen molar-refractivity contribution >= 4 is 18.3 Å². The van der Waals surface area contributed by atoms with Crippen LogP contribution in [-0.4, -0.2) is 31.6 Å². The first-order valence-electron chi connectivity index (χ1n) is 6.96. The number of hydrogen-bond acceptors (Lipinski definition) is 3. The molecule has 2 rings (SSSR count). The van der Waals surface area contributed by atoms with Crippen molar-refractivity contribution in [3.63, 3.8) is 0 Å². The van der Waals surface area contributed by atoms with Gasteiger partial charge in [0, 0.05) is 12.5 Å². The van der Waals surface area contributed by atoms with Crippen LogP contribution in [0.4, 0.5) is 0 Å². The lowest BCUT2D eigenvalue weighted by Crippen LogP contribution is -2.42. The Labute approximate surface area is 126 Å². The predicted molar refractivity (Wildman–Crippen MR) is 82.0 cm³/mol. The van der Waals surface area contributed by atoms with E-state index in [1.807, 2.05) is 30.3 Å². The van der Waals surface area contributed by atoms with Gasteiger partial charge in [0.15, 0.2) is 0 Å². The molecule has 0 bridgehead atoms. The summed E-state index contributed by atoms with van der Waals surface area (Å²) in [5.41, 5.74) is 1.14. The second-order valence-corrected chi connectivity index (χ2v) is 4.88. The monoisotopic (exact) mass is 298 g/mol. The van der Waals surface area contributed by atoms with E-state index in [0.717, 1.165) is 31.5 Å². The fourth-order valence-electron chi connectivity index (χ4n) is 2.20. The van der Waals surface area contributed by atoms with Crippen molar-refractivity contribution in [3.8, 4) is 0 Å². The molecule has 0 atom stereocenters. The van der Waals surface area contributed by atoms with Crippen LogP contribution in [0.25, 0.3) is 0 Å². The maximum absolute atomic E-state index is 11.7. The first kappa shape index (κ1) is 17.0. The fraction of sp³-hybridized carbons (Fsp3) is 0.533. The number of benzene rings is 1. The Hall–Kier alpha value is -1.10. The summed E-state index contributed by atoms with van der Waals surface area (Å²) in [6, 6.07) is 10.3. The largest absolute Gasteiger partial charge is 0.376 e. The Kier molecular flexibility index (Phi) is 8.26. The number of nitrogens with one attached hydrogen (secondary N) is 2. The average Bonchev–Trinajstić information content (AvgIpc) is 2.46. The minimum atomic E-state index is 0. The van der Waals surface area contributed by atoms with Crippen LogP contribution in [0.5, 0.6) is 0 Å². The van der Waals surface area contributed by atoms with Crippen LogP contribution in [0.15, 0.2) is 30.3 Å². The molecule has 4 nitrogen and oxygen atoms in total. The minimum absolute atomic E-state index is 0. The van der Waals surface area contributed by atoms with E-state index in [1.165, 1.54) is 0 Å². The van der Waals surface area contributed by atoms with Crippen molar-refractivity contribution in [2.24, 2.45) is 0 Å². The highest BCUT2D eigenvalue weighted by Gasteiger charge is 2.14. The van der Waals surface area contributed by atoms with Gasteiger partial charge in [0.05, 0.1) is 13.2 Å². The Balaban J connectivity index is 0.00000200. The third-order valence-electron chi connectivity index (χ3n) is 3.29. The van der Waals surface area contributed by atoms with Gasteiger partial charge in [-0.25, -0.2) is 0 Å². The summed E-state index contributed by atoms with van der Waals surface area (Å²) < 4.78 is 5.51. The molecule has 5 heteroatoms. The quantitative estimate of drug-likeness (QED) is 0.789. The van der Waals surface area contributed by atoms with Crippen molar-refractivity contribution in [1.29, 1.82) is 0 Å². The normalized spacial score (nSPS) is 15.4. The predicted octanol–water partition coefficient (Wildman–Crippen LogP) is 1.88. The molecule has 1 fully saturated rings. The molecule has 0 radical (unpaired) electrons. The summed E-state index contributed by atoms with van der Waals surface area (Å²) in [5.74, 6) is 0.0972. The highest BCUT2D eigenvalue weighted by Crippen LogP contribution is 2.03. The molecule has 0 unspecified atom stereocenters. The molecule has 0 spiro atoms. The molecule has 0 aliphatic carbocycles. The maximum atomic E-state index is 11.7. The van der Waals surface area contributed by atoms with Gasteiger partial charge >= 0.3 is 0 Å². The van der Waals surface area contributed by atoms with Gasteiger partial charge in [-0.1, -0.05) is 30.3 Å². The number of rotatable bonds is 6. The molecule has 1 aromatic rings. The smallest absolute Gasteiger partial charge is 0.222 e. The Morgan fingerprint density at radius 1 is 1.25 bits per heavy atom. The van der Waals surface area contributed by atoms with Gasteiger partial charge in [-0.2, -0.15) is 0 Å². The van der Waals surface area contributed by atoms with Gasteiger partial charge in [0.2, 0.25) is 5.91 Å². The van der Waals surface area contributed by atoms with Crippen LogP contribution in [0.3, 0.4) is 0 Å². The number of amides is 1. The van der Waals surface area contributed by atoms with E-state index >= 15 is 0 Å². The van der Waals surface area contributed by atoms with Gasteiger partial charge in [-0.3, -0.25) is 4.79 Å². The number of carbonyl (C=O) groups excluding carboxylic acids is 1. The molecular weight excluding hydrogens is 276 g/mol. The second-order valence-electron chi connectivity index (χ2n) is 4.88. The van der Waals surface area contributed by atoms with Crippen molar-refractivity contribution in [2.45, 2.75) is 31.9 Å². The first-order chi connectivity index (χ1) is 9.34. The van der Waals surface area contributed by atoms with E-state index in [-0.39, 0.29) is 18.3 Å². The van der Waals surface area contributed by atoms with Crippen molar-refractivity contribution in [1.82, 2.24) is 10.6 Å². The van der Waals surface area contributed by atoms with Gasteiger partial charge in [0.25, 0.3) is 0 Å². The summed E-state index contributed by atoms with van der Waals surface area (Å²) >= 11 is 0. The number of ether oxygens (including phenoxy) is 1. The van der Waals surface area contributed by atoms with Crippen LogP contribution in [0.2, 0.25) is 0 Å². The molecule has 1 amide bonds. The van der Waals surface area contributed by atoms with Gasteiger partial charge in [-0.05, 0) is 31.5 Å². The van der Waals surface area contributed by atoms with Crippen molar-refractivity contribution < 1.29 is 9.53 Å². The van der Waals surface area contributed by atoms with Gasteiger partial charge in [0.1, 0.15) is 0 Å². The number of piperidine rings is 1. The van der Waals surface area contributed by atoms with E-state index in [2.05, 4.69) is 10.6 Å². The van der Waals surface area contributed by atoms with Crippen LogP contribution in [0.1, 0.15) is 24.8 Å². The molecule has 20 heavy (non-hydrogen) atoms. The van der Waals surface area contributed by atoms with E-state index in [4.69, 9.17) is 4.74 Å². The van der Waals surface area contributed by atoms with E-state index in [9.17, 15) is 4.79 Å². The lowest BCUT2D eigenvalue weighted by molar-refractivity contribution is -0.123. The van der Waals surface area contributed by atoms with Crippen molar-refractivity contribution in [3.05, 3.63) is 35.9 Å². The summed E-state index contributed by atoms with van der Waals surface area (Å²) in [5, 5.41) is 6.34. The molecule has 1 aromatic carbocycles. The summed E-state index contributed by atoms with van der Waals surface area (Å²) in [4.78, 5) is 11.7. The molecule has 0 saturated carbocycles. The molecule has 1 heterocycles. The zero-order valence-electron chi connectivity index (χ0n) is 11.6. The summed E-state index contributed by atoms with van der Waals surface area (Å²) in [7, 11) is 0. The molecule has 2 N–H and O–H groups in total. The second kappa shape index (κ2) is 9.75. The Bertz CT molecular complexity index is 381. The topological polar surface area (TPSA) is 50.4 Å². The molecular formula is C15H23ClN2O2. The van der Waals surface area contributed by atoms with Crippen LogP contribution in [0, 0.1) is 0 Å². The highest BCUT2D eigenvalue weighted by atomic mass is 35.5. The Morgan fingerprint density at radius 2 is 1.95 bits per heavy atom. The van der Waals surface area contributed by atoms with E-state index < -0.39 is 0 Å². The zero-order valence-corrected chi connectivity index (χ0v) is 12.5. The SMILES string of the molecule is Cl.O=C(CCOCc1ccccc1)NC1CCNCC1. The molecule has 0 aromatic heterocycles. The van der Waals surface area contributed by atoms with Crippen LogP contribution >= 0.6 is 12.4 Å². The summed E-state index contributed by atoms with van der Waals surface area (Å²) in [6.07, 6.45) is 2.49. The van der Waals surface area contributed by atoms with E-state index in [0.29, 0.717) is 25.7 Å². The first-order valence-corrected chi connectivity index (χ1v) is 6.96. The zero-order chi connectivity index (χ0) is 13.3. The fourth-order valence-corrected chi connectivity index (χ4v) is 2.20. The van der Waals surface area contributed by atoms with Crippen LogP contribution < -0.4 is 10.6 Å². The standard InChI is InChI=1S/C15H22N2O2.ClH/c18-15(17-14-6-9-16-10-7-14)8-11-19-12-13-4-2-1-3-5-13;/h1-5,14,16H,6-12H2,(H,17,18);1H. The lowest BCUT2D eigenvalue weighted by Gasteiger charge is -2.23. The number of carbonyl (C=O) groups is 1. The number of halogens is 1. The molecule has 1 aliphatic heterocycles. The Morgan fingerprint density at radius 3 is 2.65 bits per heavy atom. The molecule has 1 aliphatic rings. The van der Waals surface area contributed by atoms with Crippen LogP contribution in [-0.2, 0) is 16.1 Å². The van der Waals surface area contributed by atoms with E-state index in [1.54, 1.807) is 0 Å². The average molecular weight is 299 g/mol. The lowest BCUT2D eigenvalue weighted by atomic mass is 10.1. The maximum Gasteiger partial charge on any atom is 0.222 e. The van der Waals surface area contributed by atoms with Gasteiger partial charge < -0.3 is 15.4 Å². The third kappa shape index (κ3) is 6.37. The molecule has 1 saturated heterocycles. The summed E-state index contributed by atoms with van der Waals surface area (Å²) in [6.45, 7) is 3.04. The highest BCUT2D eigenvalue weighted by molar-refractivity contribution is 5.85.